The molecule has 0 bridgehead atoms. The Morgan fingerprint density at radius 2 is 1.92 bits per heavy atom. The molecule has 4 N–H and O–H groups in total. The molecule has 12 heavy (non-hydrogen) atoms. The van der Waals surface area contributed by atoms with Crippen molar-refractivity contribution in [2.75, 3.05) is 6.54 Å². The lowest BCUT2D eigenvalue weighted by atomic mass is 10.1. The SMILES string of the molecule is NC[C@H](N)c1ccc(Br)c(Br)c1. The van der Waals surface area contributed by atoms with Gasteiger partial charge in [-0.15, -0.1) is 0 Å². The summed E-state index contributed by atoms with van der Waals surface area (Å²) >= 11 is 6.78. The molecule has 1 atom stereocenters. The largest absolute Gasteiger partial charge is 0.329 e. The molecule has 0 aromatic heterocycles. The summed E-state index contributed by atoms with van der Waals surface area (Å²) in [7, 11) is 0. The van der Waals surface area contributed by atoms with Crippen LogP contribution in [0.3, 0.4) is 0 Å². The average Bonchev–Trinajstić information content (AvgIpc) is 2.08. The van der Waals surface area contributed by atoms with Crippen molar-refractivity contribution in [3.63, 3.8) is 0 Å². The molecule has 0 amide bonds. The summed E-state index contributed by atoms with van der Waals surface area (Å²) in [6.07, 6.45) is 0. The normalized spacial score (nSPS) is 13.0. The molecule has 0 aliphatic heterocycles. The van der Waals surface area contributed by atoms with Crippen LogP contribution in [-0.4, -0.2) is 6.54 Å². The molecule has 66 valence electrons. The highest BCUT2D eigenvalue weighted by Crippen LogP contribution is 2.25. The quantitative estimate of drug-likeness (QED) is 0.878. The Balaban J connectivity index is 2.96. The van der Waals surface area contributed by atoms with Gasteiger partial charge in [-0.3, -0.25) is 0 Å². The molecule has 2 nitrogen and oxygen atoms in total. The zero-order valence-electron chi connectivity index (χ0n) is 6.43. The lowest BCUT2D eigenvalue weighted by Crippen LogP contribution is -2.20. The molecule has 0 saturated carbocycles. The topological polar surface area (TPSA) is 52.0 Å². The second-order valence-corrected chi connectivity index (χ2v) is 4.22. The number of halogens is 2. The standard InChI is InChI=1S/C8H10Br2N2/c9-6-2-1-5(3-7(6)10)8(12)4-11/h1-3,8H,4,11-12H2/t8-/m0/s1. The van der Waals surface area contributed by atoms with E-state index in [2.05, 4.69) is 31.9 Å². The van der Waals surface area contributed by atoms with Crippen molar-refractivity contribution in [1.29, 1.82) is 0 Å². The molecular weight excluding hydrogens is 284 g/mol. The Kier molecular flexibility index (Phi) is 3.71. The smallest absolute Gasteiger partial charge is 0.0419 e. The Morgan fingerprint density at radius 3 is 2.42 bits per heavy atom. The van der Waals surface area contributed by atoms with Crippen LogP contribution >= 0.6 is 31.9 Å². The lowest BCUT2D eigenvalue weighted by molar-refractivity contribution is 0.736. The predicted molar refractivity (Wildman–Crippen MR) is 57.8 cm³/mol. The molecular formula is C8H10Br2N2. The molecule has 0 aliphatic rings. The van der Waals surface area contributed by atoms with Gasteiger partial charge in [-0.2, -0.15) is 0 Å². The third-order valence-corrected chi connectivity index (χ3v) is 3.51. The number of rotatable bonds is 2. The molecule has 4 heteroatoms. The Morgan fingerprint density at radius 1 is 1.25 bits per heavy atom. The molecule has 0 spiro atoms. The zero-order valence-corrected chi connectivity index (χ0v) is 9.60. The summed E-state index contributed by atoms with van der Waals surface area (Å²) in [4.78, 5) is 0. The first-order valence-corrected chi connectivity index (χ1v) is 5.14. The van der Waals surface area contributed by atoms with E-state index in [4.69, 9.17) is 11.5 Å². The molecule has 0 radical (unpaired) electrons. The van der Waals surface area contributed by atoms with Gasteiger partial charge in [-0.1, -0.05) is 6.07 Å². The molecule has 1 aromatic carbocycles. The first-order valence-electron chi connectivity index (χ1n) is 3.55. The van der Waals surface area contributed by atoms with Crippen LogP contribution in [0.5, 0.6) is 0 Å². The van der Waals surface area contributed by atoms with Gasteiger partial charge in [0, 0.05) is 21.5 Å². The van der Waals surface area contributed by atoms with Gasteiger partial charge in [0.2, 0.25) is 0 Å². The van der Waals surface area contributed by atoms with Gasteiger partial charge in [0.1, 0.15) is 0 Å². The van der Waals surface area contributed by atoms with E-state index in [1.54, 1.807) is 0 Å². The van der Waals surface area contributed by atoms with E-state index in [0.29, 0.717) is 6.54 Å². The van der Waals surface area contributed by atoms with Crippen molar-refractivity contribution in [1.82, 2.24) is 0 Å². The minimum absolute atomic E-state index is 0.0746. The maximum absolute atomic E-state index is 5.75. The Labute approximate surface area is 88.6 Å². The first-order chi connectivity index (χ1) is 5.65. The van der Waals surface area contributed by atoms with E-state index < -0.39 is 0 Å². The Bertz CT molecular complexity index is 276. The Hall–Kier alpha value is 0.1000. The summed E-state index contributed by atoms with van der Waals surface area (Å²) in [5, 5.41) is 0. The maximum atomic E-state index is 5.75. The molecule has 0 saturated heterocycles. The maximum Gasteiger partial charge on any atom is 0.0419 e. The van der Waals surface area contributed by atoms with Crippen LogP contribution in [0.1, 0.15) is 11.6 Å². The highest BCUT2D eigenvalue weighted by Gasteiger charge is 2.04. The minimum atomic E-state index is -0.0746. The molecule has 1 rings (SSSR count). The van der Waals surface area contributed by atoms with Crippen LogP contribution in [0.4, 0.5) is 0 Å². The van der Waals surface area contributed by atoms with Gasteiger partial charge in [0.15, 0.2) is 0 Å². The zero-order chi connectivity index (χ0) is 9.14. The van der Waals surface area contributed by atoms with Crippen molar-refractivity contribution in [2.24, 2.45) is 11.5 Å². The number of hydrogen-bond acceptors (Lipinski definition) is 2. The van der Waals surface area contributed by atoms with Crippen LogP contribution in [0.25, 0.3) is 0 Å². The fraction of sp³-hybridized carbons (Fsp3) is 0.250. The summed E-state index contributed by atoms with van der Waals surface area (Å²) in [5.74, 6) is 0. The van der Waals surface area contributed by atoms with Crippen molar-refractivity contribution in [3.05, 3.63) is 32.7 Å². The van der Waals surface area contributed by atoms with Gasteiger partial charge in [-0.25, -0.2) is 0 Å². The van der Waals surface area contributed by atoms with Gasteiger partial charge < -0.3 is 11.5 Å². The number of hydrogen-bond donors (Lipinski definition) is 2. The van der Waals surface area contributed by atoms with Gasteiger partial charge in [0.25, 0.3) is 0 Å². The van der Waals surface area contributed by atoms with E-state index in [1.807, 2.05) is 18.2 Å². The van der Waals surface area contributed by atoms with E-state index in [1.165, 1.54) is 0 Å². The second-order valence-electron chi connectivity index (χ2n) is 2.52. The van der Waals surface area contributed by atoms with Crippen LogP contribution in [-0.2, 0) is 0 Å². The van der Waals surface area contributed by atoms with Crippen molar-refractivity contribution >= 4 is 31.9 Å². The number of benzene rings is 1. The fourth-order valence-electron chi connectivity index (χ4n) is 0.879. The van der Waals surface area contributed by atoms with Crippen LogP contribution in [0.2, 0.25) is 0 Å². The van der Waals surface area contributed by atoms with E-state index >= 15 is 0 Å². The lowest BCUT2D eigenvalue weighted by Gasteiger charge is -2.09. The number of nitrogens with two attached hydrogens (primary N) is 2. The highest BCUT2D eigenvalue weighted by molar-refractivity contribution is 9.13. The highest BCUT2D eigenvalue weighted by atomic mass is 79.9. The summed E-state index contributed by atoms with van der Waals surface area (Å²) in [5.41, 5.74) is 12.2. The predicted octanol–water partition coefficient (Wildman–Crippen LogP) is 2.17. The van der Waals surface area contributed by atoms with Gasteiger partial charge in [-0.05, 0) is 49.6 Å². The van der Waals surface area contributed by atoms with Crippen molar-refractivity contribution in [3.8, 4) is 0 Å². The van der Waals surface area contributed by atoms with Crippen LogP contribution < -0.4 is 11.5 Å². The van der Waals surface area contributed by atoms with Crippen molar-refractivity contribution < 1.29 is 0 Å². The fourth-order valence-corrected chi connectivity index (χ4v) is 1.52. The van der Waals surface area contributed by atoms with Crippen LogP contribution in [0.15, 0.2) is 27.1 Å². The third-order valence-electron chi connectivity index (χ3n) is 1.63. The molecule has 0 fully saturated rings. The van der Waals surface area contributed by atoms with Crippen molar-refractivity contribution in [2.45, 2.75) is 6.04 Å². The van der Waals surface area contributed by atoms with E-state index in [0.717, 1.165) is 14.5 Å². The molecule has 0 heterocycles. The molecule has 1 aromatic rings. The molecule has 0 aliphatic carbocycles. The van der Waals surface area contributed by atoms with Gasteiger partial charge >= 0.3 is 0 Å². The molecule has 0 unspecified atom stereocenters. The summed E-state index contributed by atoms with van der Waals surface area (Å²) < 4.78 is 2.03. The summed E-state index contributed by atoms with van der Waals surface area (Å²) in [6, 6.07) is 5.82. The van der Waals surface area contributed by atoms with Crippen LogP contribution in [0, 0.1) is 0 Å². The third kappa shape index (κ3) is 2.29. The monoisotopic (exact) mass is 292 g/mol. The summed E-state index contributed by atoms with van der Waals surface area (Å²) in [6.45, 7) is 0.466. The van der Waals surface area contributed by atoms with E-state index in [-0.39, 0.29) is 6.04 Å². The minimum Gasteiger partial charge on any atom is -0.329 e. The first kappa shape index (κ1) is 10.2. The average molecular weight is 294 g/mol. The second kappa shape index (κ2) is 4.37. The van der Waals surface area contributed by atoms with Gasteiger partial charge in [0.05, 0.1) is 0 Å². The van der Waals surface area contributed by atoms with E-state index in [9.17, 15) is 0 Å².